The van der Waals surface area contributed by atoms with Gasteiger partial charge in [-0.1, -0.05) is 31.5 Å². The van der Waals surface area contributed by atoms with Crippen LogP contribution in [-0.4, -0.2) is 48.3 Å². The number of hydrogen-bond donors (Lipinski definition) is 1. The smallest absolute Gasteiger partial charge is 0.338 e. The van der Waals surface area contributed by atoms with Crippen molar-refractivity contribution in [1.29, 1.82) is 0 Å². The van der Waals surface area contributed by atoms with Crippen LogP contribution in [0, 0.1) is 5.92 Å². The van der Waals surface area contributed by atoms with Crippen molar-refractivity contribution in [2.45, 2.75) is 33.1 Å². The summed E-state index contributed by atoms with van der Waals surface area (Å²) >= 11 is 6.25. The third kappa shape index (κ3) is 5.28. The number of carbonyl (C=O) groups is 4. The Kier molecular flexibility index (Phi) is 7.74. The van der Waals surface area contributed by atoms with Gasteiger partial charge in [0.25, 0.3) is 17.7 Å². The van der Waals surface area contributed by atoms with E-state index in [1.165, 1.54) is 24.3 Å². The largest absolute Gasteiger partial charge is 0.462 e. The van der Waals surface area contributed by atoms with E-state index in [1.807, 2.05) is 11.8 Å². The molecule has 0 saturated carbocycles. The van der Waals surface area contributed by atoms with Gasteiger partial charge >= 0.3 is 5.97 Å². The standard InChI is InChI=1S/C27H28ClN3O5/c1-3-15-36-27(35)18-7-9-21(10-8-18)31-25(33)22(28)23(26(31)34)29-20-6-4-5-19(16-20)24(32)30-13-11-17(2)12-14-30/h4-10,16-17,29H,3,11-15H2,1-2H3. The van der Waals surface area contributed by atoms with Crippen LogP contribution in [0.25, 0.3) is 0 Å². The third-order valence-corrected chi connectivity index (χ3v) is 6.63. The predicted octanol–water partition coefficient (Wildman–Crippen LogP) is 4.56. The van der Waals surface area contributed by atoms with E-state index in [0.717, 1.165) is 17.7 Å². The summed E-state index contributed by atoms with van der Waals surface area (Å²) < 4.78 is 5.10. The lowest BCUT2D eigenvalue weighted by molar-refractivity contribution is -0.120. The number of nitrogens with zero attached hydrogens (tertiary/aromatic N) is 2. The maximum absolute atomic E-state index is 13.1. The number of rotatable bonds is 7. The minimum absolute atomic E-state index is 0.0707. The average Bonchev–Trinajstić information content (AvgIpc) is 3.10. The van der Waals surface area contributed by atoms with Crippen molar-refractivity contribution in [2.24, 2.45) is 5.92 Å². The molecule has 2 aromatic rings. The first-order chi connectivity index (χ1) is 17.3. The van der Waals surface area contributed by atoms with Gasteiger partial charge in [-0.25, -0.2) is 9.69 Å². The second kappa shape index (κ2) is 11.0. The molecule has 0 spiro atoms. The van der Waals surface area contributed by atoms with Crippen LogP contribution in [0.1, 0.15) is 53.8 Å². The average molecular weight is 510 g/mol. The number of carbonyl (C=O) groups excluding carboxylic acids is 4. The number of halogens is 1. The Morgan fingerprint density at radius 2 is 1.72 bits per heavy atom. The minimum atomic E-state index is -0.680. The molecule has 4 rings (SSSR count). The van der Waals surface area contributed by atoms with Crippen LogP contribution >= 0.6 is 11.6 Å². The maximum Gasteiger partial charge on any atom is 0.338 e. The number of nitrogens with one attached hydrogen (secondary N) is 1. The first kappa shape index (κ1) is 25.4. The number of anilines is 2. The molecule has 1 N–H and O–H groups in total. The molecule has 3 amide bonds. The fourth-order valence-electron chi connectivity index (χ4n) is 4.14. The summed E-state index contributed by atoms with van der Waals surface area (Å²) in [6, 6.07) is 12.7. The van der Waals surface area contributed by atoms with Crippen molar-refractivity contribution >= 4 is 46.7 Å². The molecule has 2 heterocycles. The third-order valence-electron chi connectivity index (χ3n) is 6.28. The van der Waals surface area contributed by atoms with Crippen molar-refractivity contribution in [2.75, 3.05) is 29.9 Å². The van der Waals surface area contributed by atoms with Crippen LogP contribution in [0.5, 0.6) is 0 Å². The van der Waals surface area contributed by atoms with Crippen LogP contribution in [0.3, 0.4) is 0 Å². The van der Waals surface area contributed by atoms with Crippen molar-refractivity contribution in [3.8, 4) is 0 Å². The van der Waals surface area contributed by atoms with Gasteiger partial charge in [-0.15, -0.1) is 0 Å². The van der Waals surface area contributed by atoms with Crippen LogP contribution in [-0.2, 0) is 14.3 Å². The highest BCUT2D eigenvalue weighted by atomic mass is 35.5. The van der Waals surface area contributed by atoms with E-state index in [-0.39, 0.29) is 22.3 Å². The summed E-state index contributed by atoms with van der Waals surface area (Å²) in [4.78, 5) is 53.7. The first-order valence-corrected chi connectivity index (χ1v) is 12.4. The number of amides is 3. The number of piperidine rings is 1. The fourth-order valence-corrected chi connectivity index (χ4v) is 4.35. The lowest BCUT2D eigenvalue weighted by Gasteiger charge is -2.30. The highest BCUT2D eigenvalue weighted by Crippen LogP contribution is 2.31. The predicted molar refractivity (Wildman–Crippen MR) is 137 cm³/mol. The molecule has 188 valence electrons. The van der Waals surface area contributed by atoms with E-state index in [4.69, 9.17) is 16.3 Å². The Balaban J connectivity index is 1.48. The Bertz CT molecular complexity index is 1220. The van der Waals surface area contributed by atoms with Gasteiger partial charge in [0.05, 0.1) is 17.9 Å². The zero-order valence-electron chi connectivity index (χ0n) is 20.3. The lowest BCUT2D eigenvalue weighted by Crippen LogP contribution is -2.37. The summed E-state index contributed by atoms with van der Waals surface area (Å²) in [6.07, 6.45) is 2.65. The Labute approximate surface area is 214 Å². The molecular weight excluding hydrogens is 482 g/mol. The number of hydrogen-bond acceptors (Lipinski definition) is 6. The number of benzene rings is 2. The van der Waals surface area contributed by atoms with Crippen LogP contribution in [0.2, 0.25) is 0 Å². The van der Waals surface area contributed by atoms with Crippen LogP contribution in [0.4, 0.5) is 11.4 Å². The van der Waals surface area contributed by atoms with E-state index in [9.17, 15) is 19.2 Å². The topological polar surface area (TPSA) is 96.0 Å². The molecule has 0 unspecified atom stereocenters. The normalized spacial score (nSPS) is 16.5. The SMILES string of the molecule is CCCOC(=O)c1ccc(N2C(=O)C(Cl)=C(Nc3cccc(C(=O)N4CCC(C)CC4)c3)C2=O)cc1. The van der Waals surface area contributed by atoms with Crippen LogP contribution in [0.15, 0.2) is 59.3 Å². The van der Waals surface area contributed by atoms with Crippen molar-refractivity contribution < 1.29 is 23.9 Å². The molecule has 2 aliphatic heterocycles. The minimum Gasteiger partial charge on any atom is -0.462 e. The van der Waals surface area contributed by atoms with E-state index >= 15 is 0 Å². The molecule has 0 bridgehead atoms. The second-order valence-corrected chi connectivity index (χ2v) is 9.38. The summed E-state index contributed by atoms with van der Waals surface area (Å²) in [5.74, 6) is -1.25. The lowest BCUT2D eigenvalue weighted by atomic mass is 9.98. The molecule has 9 heteroatoms. The van der Waals surface area contributed by atoms with Gasteiger partial charge in [0.1, 0.15) is 10.7 Å². The molecule has 1 saturated heterocycles. The monoisotopic (exact) mass is 509 g/mol. The highest BCUT2D eigenvalue weighted by Gasteiger charge is 2.39. The number of ether oxygens (including phenoxy) is 1. The Morgan fingerprint density at radius 1 is 1.03 bits per heavy atom. The quantitative estimate of drug-likeness (QED) is 0.434. The van der Waals surface area contributed by atoms with E-state index < -0.39 is 17.8 Å². The van der Waals surface area contributed by atoms with Gasteiger partial charge in [-0.2, -0.15) is 0 Å². The van der Waals surface area contributed by atoms with Gasteiger partial charge in [0.2, 0.25) is 0 Å². The molecule has 0 aliphatic carbocycles. The Morgan fingerprint density at radius 3 is 2.39 bits per heavy atom. The highest BCUT2D eigenvalue weighted by molar-refractivity contribution is 6.53. The second-order valence-electron chi connectivity index (χ2n) is 9.00. The maximum atomic E-state index is 13.1. The molecule has 0 aromatic heterocycles. The van der Waals surface area contributed by atoms with Crippen molar-refractivity contribution in [1.82, 2.24) is 4.90 Å². The zero-order chi connectivity index (χ0) is 25.8. The van der Waals surface area contributed by atoms with E-state index in [2.05, 4.69) is 12.2 Å². The molecular formula is C27H28ClN3O5. The van der Waals surface area contributed by atoms with Gasteiger partial charge in [-0.05, 0) is 67.6 Å². The number of imide groups is 1. The molecule has 1 fully saturated rings. The summed E-state index contributed by atoms with van der Waals surface area (Å²) in [6.45, 7) is 5.81. The molecule has 8 nitrogen and oxygen atoms in total. The first-order valence-electron chi connectivity index (χ1n) is 12.0. The molecule has 0 radical (unpaired) electrons. The molecule has 0 atom stereocenters. The Hall–Kier alpha value is -3.65. The van der Waals surface area contributed by atoms with Crippen molar-refractivity contribution in [3.05, 3.63) is 70.4 Å². The van der Waals surface area contributed by atoms with Crippen molar-refractivity contribution in [3.63, 3.8) is 0 Å². The van der Waals surface area contributed by atoms with Gasteiger partial charge in [0, 0.05) is 24.3 Å². The molecule has 36 heavy (non-hydrogen) atoms. The van der Waals surface area contributed by atoms with Gasteiger partial charge in [-0.3, -0.25) is 14.4 Å². The number of esters is 1. The van der Waals surface area contributed by atoms with Gasteiger partial charge < -0.3 is 15.0 Å². The fraction of sp³-hybridized carbons (Fsp3) is 0.333. The molecule has 2 aromatic carbocycles. The summed E-state index contributed by atoms with van der Waals surface area (Å²) in [5.41, 5.74) is 1.47. The summed E-state index contributed by atoms with van der Waals surface area (Å²) in [7, 11) is 0. The molecule has 2 aliphatic rings. The zero-order valence-corrected chi connectivity index (χ0v) is 21.0. The van der Waals surface area contributed by atoms with E-state index in [0.29, 0.717) is 48.8 Å². The van der Waals surface area contributed by atoms with E-state index in [1.54, 1.807) is 24.3 Å². The number of likely N-dealkylation sites (tertiary alicyclic amines) is 1. The summed E-state index contributed by atoms with van der Waals surface area (Å²) in [5, 5.41) is 2.66. The van der Waals surface area contributed by atoms with Crippen LogP contribution < -0.4 is 10.2 Å². The van der Waals surface area contributed by atoms with Gasteiger partial charge in [0.15, 0.2) is 0 Å².